The van der Waals surface area contributed by atoms with Crippen LogP contribution < -0.4 is 5.73 Å². The van der Waals surface area contributed by atoms with Crippen molar-refractivity contribution in [2.45, 2.75) is 26.3 Å². The van der Waals surface area contributed by atoms with Gasteiger partial charge in [-0.2, -0.15) is 5.10 Å². The molecule has 0 aliphatic heterocycles. The van der Waals surface area contributed by atoms with Crippen LogP contribution in [0.15, 0.2) is 6.07 Å². The zero-order chi connectivity index (χ0) is 10.6. The van der Waals surface area contributed by atoms with E-state index in [-0.39, 0.29) is 5.97 Å². The minimum Gasteiger partial charge on any atom is -0.469 e. The average molecular weight is 197 g/mol. The largest absolute Gasteiger partial charge is 0.469 e. The average Bonchev–Trinajstić information content (AvgIpc) is 2.45. The molecule has 2 N–H and O–H groups in total. The molecule has 1 aromatic heterocycles. The number of hydrogen-bond acceptors (Lipinski definition) is 4. The molecule has 0 aromatic carbocycles. The van der Waals surface area contributed by atoms with Gasteiger partial charge in [0.1, 0.15) is 5.82 Å². The molecule has 1 heterocycles. The van der Waals surface area contributed by atoms with E-state index in [4.69, 9.17) is 5.73 Å². The molecule has 5 heteroatoms. The molecule has 0 amide bonds. The van der Waals surface area contributed by atoms with Crippen LogP contribution in [0.2, 0.25) is 0 Å². The molecule has 0 fully saturated rings. The van der Waals surface area contributed by atoms with Gasteiger partial charge in [-0.05, 0) is 13.3 Å². The van der Waals surface area contributed by atoms with E-state index >= 15 is 0 Å². The molecule has 0 unspecified atom stereocenters. The molecule has 0 radical (unpaired) electrons. The number of nitrogen functional groups attached to an aromatic ring is 1. The SMILES string of the molecule is COC(=O)CCCn1nc(N)cc1C. The predicted molar refractivity (Wildman–Crippen MR) is 52.6 cm³/mol. The maximum Gasteiger partial charge on any atom is 0.305 e. The van der Waals surface area contributed by atoms with Gasteiger partial charge in [-0.1, -0.05) is 0 Å². The number of rotatable bonds is 4. The minimum atomic E-state index is -0.192. The second-order valence-electron chi connectivity index (χ2n) is 3.11. The van der Waals surface area contributed by atoms with Crippen LogP contribution in [-0.4, -0.2) is 22.9 Å². The van der Waals surface area contributed by atoms with E-state index in [1.165, 1.54) is 7.11 Å². The van der Waals surface area contributed by atoms with E-state index in [9.17, 15) is 4.79 Å². The van der Waals surface area contributed by atoms with Crippen LogP contribution in [0.25, 0.3) is 0 Å². The Kier molecular flexibility index (Phi) is 3.50. The molecule has 78 valence electrons. The third-order valence-corrected chi connectivity index (χ3v) is 1.98. The Morgan fingerprint density at radius 3 is 2.93 bits per heavy atom. The van der Waals surface area contributed by atoms with Gasteiger partial charge in [0.2, 0.25) is 0 Å². The zero-order valence-corrected chi connectivity index (χ0v) is 8.49. The Bertz CT molecular complexity index is 320. The molecule has 0 bridgehead atoms. The number of nitrogens with two attached hydrogens (primary N) is 1. The van der Waals surface area contributed by atoms with Crippen molar-refractivity contribution in [3.63, 3.8) is 0 Å². The highest BCUT2D eigenvalue weighted by Gasteiger charge is 2.03. The van der Waals surface area contributed by atoms with Gasteiger partial charge in [0.25, 0.3) is 0 Å². The molecule has 1 aromatic rings. The highest BCUT2D eigenvalue weighted by Crippen LogP contribution is 2.05. The van der Waals surface area contributed by atoms with Gasteiger partial charge in [0, 0.05) is 24.7 Å². The van der Waals surface area contributed by atoms with Crippen LogP contribution >= 0.6 is 0 Å². The Hall–Kier alpha value is -1.52. The van der Waals surface area contributed by atoms with Crippen molar-refractivity contribution in [2.24, 2.45) is 0 Å². The van der Waals surface area contributed by atoms with Crippen LogP contribution in [0.1, 0.15) is 18.5 Å². The van der Waals surface area contributed by atoms with Crippen molar-refractivity contribution in [3.8, 4) is 0 Å². The molecule has 0 spiro atoms. The fourth-order valence-corrected chi connectivity index (χ4v) is 1.24. The topological polar surface area (TPSA) is 70.1 Å². The highest BCUT2D eigenvalue weighted by atomic mass is 16.5. The first-order chi connectivity index (χ1) is 6.63. The lowest BCUT2D eigenvalue weighted by molar-refractivity contribution is -0.140. The van der Waals surface area contributed by atoms with Crippen LogP contribution in [0.4, 0.5) is 5.82 Å². The summed E-state index contributed by atoms with van der Waals surface area (Å²) in [4.78, 5) is 10.8. The van der Waals surface area contributed by atoms with Gasteiger partial charge >= 0.3 is 5.97 Å². The first-order valence-electron chi connectivity index (χ1n) is 4.50. The van der Waals surface area contributed by atoms with Crippen molar-refractivity contribution >= 4 is 11.8 Å². The van der Waals surface area contributed by atoms with Gasteiger partial charge < -0.3 is 10.5 Å². The lowest BCUT2D eigenvalue weighted by atomic mass is 10.3. The summed E-state index contributed by atoms with van der Waals surface area (Å²) in [6, 6.07) is 1.80. The normalized spacial score (nSPS) is 10.1. The van der Waals surface area contributed by atoms with E-state index in [1.54, 1.807) is 10.7 Å². The second-order valence-corrected chi connectivity index (χ2v) is 3.11. The summed E-state index contributed by atoms with van der Waals surface area (Å²) < 4.78 is 6.32. The predicted octanol–water partition coefficient (Wildman–Crippen LogP) is 0.727. The van der Waals surface area contributed by atoms with Crippen LogP contribution in [0.3, 0.4) is 0 Å². The summed E-state index contributed by atoms with van der Waals surface area (Å²) in [7, 11) is 1.39. The van der Waals surface area contributed by atoms with Crippen LogP contribution in [0, 0.1) is 6.92 Å². The highest BCUT2D eigenvalue weighted by molar-refractivity contribution is 5.68. The molecule has 0 atom stereocenters. The minimum absolute atomic E-state index is 0.192. The third-order valence-electron chi connectivity index (χ3n) is 1.98. The molecule has 0 aliphatic rings. The summed E-state index contributed by atoms with van der Waals surface area (Å²) in [5, 5.41) is 4.08. The second kappa shape index (κ2) is 4.64. The molecule has 5 nitrogen and oxygen atoms in total. The lowest BCUT2D eigenvalue weighted by Crippen LogP contribution is -2.06. The fourth-order valence-electron chi connectivity index (χ4n) is 1.24. The Morgan fingerprint density at radius 1 is 1.71 bits per heavy atom. The van der Waals surface area contributed by atoms with Crippen molar-refractivity contribution in [2.75, 3.05) is 12.8 Å². The summed E-state index contributed by atoms with van der Waals surface area (Å²) in [5.41, 5.74) is 6.52. The van der Waals surface area contributed by atoms with Gasteiger partial charge in [-0.25, -0.2) is 0 Å². The molecule has 0 saturated heterocycles. The fraction of sp³-hybridized carbons (Fsp3) is 0.556. The van der Waals surface area contributed by atoms with Crippen molar-refractivity contribution in [1.82, 2.24) is 9.78 Å². The number of aromatic nitrogens is 2. The Balaban J connectivity index is 2.38. The molecule has 0 saturated carbocycles. The third kappa shape index (κ3) is 2.76. The van der Waals surface area contributed by atoms with Gasteiger partial charge in [0.15, 0.2) is 0 Å². The summed E-state index contributed by atoms with van der Waals surface area (Å²) in [6.45, 7) is 2.62. The van der Waals surface area contributed by atoms with E-state index in [2.05, 4.69) is 9.84 Å². The Morgan fingerprint density at radius 2 is 2.43 bits per heavy atom. The van der Waals surface area contributed by atoms with Crippen LogP contribution in [0.5, 0.6) is 0 Å². The molecule has 14 heavy (non-hydrogen) atoms. The molecule has 0 aliphatic carbocycles. The van der Waals surface area contributed by atoms with E-state index in [1.807, 2.05) is 6.92 Å². The van der Waals surface area contributed by atoms with E-state index in [0.717, 1.165) is 5.69 Å². The smallest absolute Gasteiger partial charge is 0.305 e. The maximum absolute atomic E-state index is 10.8. The first-order valence-corrected chi connectivity index (χ1v) is 4.50. The molecule has 1 rings (SSSR count). The van der Waals surface area contributed by atoms with Crippen molar-refractivity contribution < 1.29 is 9.53 Å². The first kappa shape index (κ1) is 10.6. The molecular weight excluding hydrogens is 182 g/mol. The van der Waals surface area contributed by atoms with Gasteiger partial charge in [-0.3, -0.25) is 9.48 Å². The standard InChI is InChI=1S/C9H15N3O2/c1-7-6-8(10)11-12(7)5-3-4-9(13)14-2/h6H,3-5H2,1-2H3,(H2,10,11). The van der Waals surface area contributed by atoms with Crippen molar-refractivity contribution in [1.29, 1.82) is 0 Å². The number of methoxy groups -OCH3 is 1. The zero-order valence-electron chi connectivity index (χ0n) is 8.49. The summed E-state index contributed by atoms with van der Waals surface area (Å²) in [5.74, 6) is 0.323. The van der Waals surface area contributed by atoms with Gasteiger partial charge in [0.05, 0.1) is 7.11 Å². The Labute approximate surface area is 82.8 Å². The number of carbonyl (C=O) groups excluding carboxylic acids is 1. The number of esters is 1. The summed E-state index contributed by atoms with van der Waals surface area (Å²) in [6.07, 6.45) is 1.13. The van der Waals surface area contributed by atoms with Crippen LogP contribution in [-0.2, 0) is 16.1 Å². The number of nitrogens with zero attached hydrogens (tertiary/aromatic N) is 2. The quantitative estimate of drug-likeness (QED) is 0.722. The molecular formula is C9H15N3O2. The number of ether oxygens (including phenoxy) is 1. The lowest BCUT2D eigenvalue weighted by Gasteiger charge is -2.02. The van der Waals surface area contributed by atoms with Gasteiger partial charge in [-0.15, -0.1) is 0 Å². The number of carbonyl (C=O) groups is 1. The monoisotopic (exact) mass is 197 g/mol. The number of aryl methyl sites for hydroxylation is 2. The van der Waals surface area contributed by atoms with Crippen molar-refractivity contribution in [3.05, 3.63) is 11.8 Å². The maximum atomic E-state index is 10.8. The summed E-state index contributed by atoms with van der Waals surface area (Å²) >= 11 is 0. The number of anilines is 1. The van der Waals surface area contributed by atoms with E-state index in [0.29, 0.717) is 25.2 Å². The van der Waals surface area contributed by atoms with E-state index < -0.39 is 0 Å². The number of hydrogen-bond donors (Lipinski definition) is 1.